The van der Waals surface area contributed by atoms with Gasteiger partial charge in [0.2, 0.25) is 0 Å². The summed E-state index contributed by atoms with van der Waals surface area (Å²) in [5.74, 6) is 1.78. The lowest BCUT2D eigenvalue weighted by Gasteiger charge is -2.23. The Labute approximate surface area is 270 Å². The molecule has 3 atom stereocenters. The summed E-state index contributed by atoms with van der Waals surface area (Å²) in [4.78, 5) is 47.8. The van der Waals surface area contributed by atoms with Crippen molar-refractivity contribution in [2.45, 2.75) is 141 Å². The summed E-state index contributed by atoms with van der Waals surface area (Å²) in [6.45, 7) is 11.9. The smallest absolute Gasteiger partial charge is 0.315 e. The van der Waals surface area contributed by atoms with Gasteiger partial charge >= 0.3 is 6.03 Å². The molecule has 2 N–H and O–H groups in total. The quantitative estimate of drug-likeness (QED) is 0.0805. The second-order valence-electron chi connectivity index (χ2n) is 13.9. The van der Waals surface area contributed by atoms with E-state index in [1.54, 1.807) is 0 Å². The number of hydrogen-bond acceptors (Lipinski definition) is 8. The highest BCUT2D eigenvalue weighted by molar-refractivity contribution is 8.00. The largest absolute Gasteiger partial charge is 0.379 e. The first-order valence-electron chi connectivity index (χ1n) is 17.0. The van der Waals surface area contributed by atoms with E-state index in [1.165, 1.54) is 0 Å². The molecule has 0 aromatic heterocycles. The van der Waals surface area contributed by atoms with Gasteiger partial charge in [-0.1, -0.05) is 27.2 Å². The molecule has 9 nitrogen and oxygen atoms in total. The summed E-state index contributed by atoms with van der Waals surface area (Å²) in [6, 6.07) is 0.136. The van der Waals surface area contributed by atoms with Crippen LogP contribution >= 0.6 is 11.8 Å². The molecule has 0 radical (unpaired) electrons. The van der Waals surface area contributed by atoms with E-state index in [0.717, 1.165) is 57.1 Å². The predicted octanol–water partition coefficient (Wildman–Crippen LogP) is 6.20. The molecule has 2 aliphatic rings. The Morgan fingerprint density at radius 2 is 1.20 bits per heavy atom. The second-order valence-corrected chi connectivity index (χ2v) is 15.1. The first-order chi connectivity index (χ1) is 21.0. The highest BCUT2D eigenvalue weighted by Crippen LogP contribution is 2.39. The fourth-order valence-corrected chi connectivity index (χ4v) is 7.27. The van der Waals surface area contributed by atoms with Crippen LogP contribution in [0.3, 0.4) is 0 Å². The van der Waals surface area contributed by atoms with Gasteiger partial charge in [0.1, 0.15) is 17.3 Å². The highest BCUT2D eigenvalue weighted by atomic mass is 32.2. The summed E-state index contributed by atoms with van der Waals surface area (Å²) >= 11 is 1.92. The lowest BCUT2D eigenvalue weighted by atomic mass is 9.89. The molecule has 2 saturated heterocycles. The van der Waals surface area contributed by atoms with E-state index in [1.807, 2.05) is 11.8 Å². The molecular weight excluding hydrogens is 580 g/mol. The topological polar surface area (TPSA) is 120 Å². The van der Waals surface area contributed by atoms with Gasteiger partial charge in [-0.05, 0) is 63.7 Å². The number of fused-ring (bicyclic) bond motifs is 1. The first kappa shape index (κ1) is 38.7. The van der Waals surface area contributed by atoms with Crippen LogP contribution < -0.4 is 10.6 Å². The SMILES string of the molecule is CC(C)(C)CCC(=O)CCCC(=O)CCCCOCCOCCOCCCCC(=O)CCCC[C@H]1SC[C@]2(C)NC(=O)N[C@H]12. The molecule has 0 aromatic rings. The molecule has 10 heteroatoms. The van der Waals surface area contributed by atoms with Gasteiger partial charge in [-0.25, -0.2) is 4.79 Å². The first-order valence-corrected chi connectivity index (χ1v) is 18.0. The van der Waals surface area contributed by atoms with Crippen molar-refractivity contribution in [3.8, 4) is 0 Å². The Morgan fingerprint density at radius 1 is 0.727 bits per heavy atom. The van der Waals surface area contributed by atoms with Crippen LogP contribution in [-0.2, 0) is 28.6 Å². The molecule has 0 saturated carbocycles. The molecule has 2 aliphatic heterocycles. The van der Waals surface area contributed by atoms with Gasteiger partial charge in [0, 0.05) is 62.7 Å². The number of carbonyl (C=O) groups is 4. The summed E-state index contributed by atoms with van der Waals surface area (Å²) in [6.07, 6.45) is 11.4. The number of amides is 2. The molecule has 0 unspecified atom stereocenters. The molecule has 0 spiro atoms. The molecule has 2 fully saturated rings. The molecule has 2 amide bonds. The van der Waals surface area contributed by atoms with Crippen molar-refractivity contribution in [1.82, 2.24) is 10.6 Å². The molecule has 44 heavy (non-hydrogen) atoms. The minimum atomic E-state index is -0.132. The van der Waals surface area contributed by atoms with Gasteiger partial charge in [-0.15, -0.1) is 0 Å². The number of thioether (sulfide) groups is 1. The van der Waals surface area contributed by atoms with Crippen molar-refractivity contribution in [3.05, 3.63) is 0 Å². The summed E-state index contributed by atoms with van der Waals surface area (Å²) in [7, 11) is 0. The molecule has 0 bridgehead atoms. The Morgan fingerprint density at radius 3 is 1.75 bits per heavy atom. The molecule has 254 valence electrons. The Balaban J connectivity index is 1.27. The van der Waals surface area contributed by atoms with E-state index >= 15 is 0 Å². The standard InChI is InChI=1S/C34H60N2O7S/c1-33(2,3)19-18-29(39)16-11-15-28(38)14-8-10-21-42-23-25-43-24-22-41-20-9-7-13-27(37)12-5-6-17-30-31-34(4,26-44-30)36-32(40)35-31/h30-31H,5-26H2,1-4H3,(H2,35,36,40)/t30-,31-,34+/m1/s1. The van der Waals surface area contributed by atoms with Gasteiger partial charge in [0.15, 0.2) is 0 Å². The average molecular weight is 641 g/mol. The van der Waals surface area contributed by atoms with Gasteiger partial charge in [-0.3, -0.25) is 14.4 Å². The van der Waals surface area contributed by atoms with Crippen molar-refractivity contribution in [3.63, 3.8) is 0 Å². The third-order valence-electron chi connectivity index (χ3n) is 8.33. The normalized spacial score (nSPS) is 21.2. The van der Waals surface area contributed by atoms with E-state index in [4.69, 9.17) is 14.2 Å². The minimum absolute atomic E-state index is 0.0570. The lowest BCUT2D eigenvalue weighted by Crippen LogP contribution is -2.47. The number of rotatable bonds is 27. The molecule has 2 heterocycles. The molecule has 0 aromatic carbocycles. The fraction of sp³-hybridized carbons (Fsp3) is 0.882. The number of Topliss-reactive ketones (excluding diaryl/α,β-unsaturated/α-hetero) is 3. The van der Waals surface area contributed by atoms with E-state index in [-0.39, 0.29) is 34.6 Å². The number of urea groups is 1. The van der Waals surface area contributed by atoms with Crippen molar-refractivity contribution in [1.29, 1.82) is 0 Å². The van der Waals surface area contributed by atoms with E-state index in [9.17, 15) is 19.2 Å². The maximum absolute atomic E-state index is 12.2. The number of unbranched alkanes of at least 4 members (excludes halogenated alkanes) is 3. The zero-order valence-electron chi connectivity index (χ0n) is 28.0. The van der Waals surface area contributed by atoms with Crippen molar-refractivity contribution in [2.24, 2.45) is 5.41 Å². The lowest BCUT2D eigenvalue weighted by molar-refractivity contribution is -0.121. The van der Waals surface area contributed by atoms with Crippen LogP contribution in [-0.4, -0.2) is 85.6 Å². The minimum Gasteiger partial charge on any atom is -0.379 e. The van der Waals surface area contributed by atoms with Gasteiger partial charge in [0.05, 0.1) is 38.0 Å². The van der Waals surface area contributed by atoms with Gasteiger partial charge in [0.25, 0.3) is 0 Å². The molecular formula is C34H60N2O7S. The number of ether oxygens (including phenoxy) is 3. The van der Waals surface area contributed by atoms with Crippen LogP contribution in [0.4, 0.5) is 4.79 Å². The second kappa shape index (κ2) is 21.3. The summed E-state index contributed by atoms with van der Waals surface area (Å²) in [5.41, 5.74) is 0.0441. The van der Waals surface area contributed by atoms with Crippen LogP contribution in [0.5, 0.6) is 0 Å². The number of carbonyl (C=O) groups excluding carboxylic acids is 4. The Hall–Kier alpha value is -1.49. The number of ketones is 3. The molecule has 2 rings (SSSR count). The number of nitrogens with one attached hydrogen (secondary N) is 2. The third kappa shape index (κ3) is 17.3. The van der Waals surface area contributed by atoms with Gasteiger partial charge < -0.3 is 24.8 Å². The van der Waals surface area contributed by atoms with Crippen LogP contribution in [0.15, 0.2) is 0 Å². The predicted molar refractivity (Wildman–Crippen MR) is 176 cm³/mol. The maximum Gasteiger partial charge on any atom is 0.315 e. The number of hydrogen-bond donors (Lipinski definition) is 2. The zero-order valence-corrected chi connectivity index (χ0v) is 28.8. The van der Waals surface area contributed by atoms with Crippen LogP contribution in [0, 0.1) is 5.41 Å². The highest BCUT2D eigenvalue weighted by Gasteiger charge is 2.51. The van der Waals surface area contributed by atoms with Crippen molar-refractivity contribution >= 4 is 35.1 Å². The van der Waals surface area contributed by atoms with Crippen LogP contribution in [0.1, 0.15) is 124 Å². The third-order valence-corrected chi connectivity index (χ3v) is 10.0. The fourth-order valence-electron chi connectivity index (χ4n) is 5.56. The van der Waals surface area contributed by atoms with Crippen LogP contribution in [0.25, 0.3) is 0 Å². The average Bonchev–Trinajstić information content (AvgIpc) is 3.42. The zero-order chi connectivity index (χ0) is 32.3. The summed E-state index contributed by atoms with van der Waals surface area (Å²) < 4.78 is 16.7. The Kier molecular flexibility index (Phi) is 18.8. The summed E-state index contributed by atoms with van der Waals surface area (Å²) in [5, 5.41) is 6.53. The van der Waals surface area contributed by atoms with Crippen molar-refractivity contribution < 1.29 is 33.4 Å². The Bertz CT molecular complexity index is 878. The van der Waals surface area contributed by atoms with E-state index < -0.39 is 0 Å². The van der Waals surface area contributed by atoms with Gasteiger partial charge in [-0.2, -0.15) is 11.8 Å². The van der Waals surface area contributed by atoms with E-state index in [2.05, 4.69) is 38.3 Å². The van der Waals surface area contributed by atoms with Crippen LogP contribution in [0.2, 0.25) is 0 Å². The maximum atomic E-state index is 12.2. The monoisotopic (exact) mass is 640 g/mol. The van der Waals surface area contributed by atoms with Crippen molar-refractivity contribution in [2.75, 3.05) is 45.4 Å². The molecule has 0 aliphatic carbocycles. The van der Waals surface area contributed by atoms with E-state index in [0.29, 0.717) is 95.6 Å².